The number of β-amino-alcohol motifs (C(OH)–C–C–N with tert-alkyl or cyclic N) is 1. The van der Waals surface area contributed by atoms with Crippen LogP contribution >= 0.6 is 0 Å². The van der Waals surface area contributed by atoms with E-state index in [0.717, 1.165) is 19.3 Å². The van der Waals surface area contributed by atoms with Crippen molar-refractivity contribution in [1.82, 2.24) is 4.90 Å². The maximum absolute atomic E-state index is 11.8. The van der Waals surface area contributed by atoms with Gasteiger partial charge < -0.3 is 5.11 Å². The average molecular weight is 239 g/mol. The maximum atomic E-state index is 11.8. The van der Waals surface area contributed by atoms with Crippen LogP contribution in [0.1, 0.15) is 51.9 Å². The van der Waals surface area contributed by atoms with Crippen LogP contribution in [-0.4, -0.2) is 34.0 Å². The Kier molecular flexibility index (Phi) is 3.52. The zero-order valence-electron chi connectivity index (χ0n) is 10.4. The number of nitrogens with zero attached hydrogens (tertiary/aromatic N) is 1. The molecule has 2 aliphatic rings. The number of carbonyl (C=O) groups is 2. The molecule has 0 unspecified atom stereocenters. The number of piperidine rings is 1. The molecule has 96 valence electrons. The van der Waals surface area contributed by atoms with Crippen LogP contribution in [0.5, 0.6) is 0 Å². The van der Waals surface area contributed by atoms with Crippen LogP contribution in [0.4, 0.5) is 0 Å². The molecule has 1 saturated carbocycles. The first-order valence-electron chi connectivity index (χ1n) is 6.56. The van der Waals surface area contributed by atoms with Gasteiger partial charge in [-0.15, -0.1) is 0 Å². The van der Waals surface area contributed by atoms with Crippen LogP contribution < -0.4 is 0 Å². The lowest BCUT2D eigenvalue weighted by Gasteiger charge is -2.38. The van der Waals surface area contributed by atoms with Gasteiger partial charge in [-0.2, -0.15) is 0 Å². The molecule has 2 rings (SSSR count). The van der Waals surface area contributed by atoms with Crippen LogP contribution in [0.2, 0.25) is 0 Å². The number of carbonyl (C=O) groups excluding carboxylic acids is 2. The summed E-state index contributed by atoms with van der Waals surface area (Å²) in [6.07, 6.45) is 5.40. The quantitative estimate of drug-likeness (QED) is 0.742. The number of likely N-dealkylation sites (tertiary alicyclic amines) is 1. The molecule has 0 atom stereocenters. The van der Waals surface area contributed by atoms with Gasteiger partial charge in [0.15, 0.2) is 0 Å². The fourth-order valence-corrected chi connectivity index (χ4v) is 2.87. The predicted molar refractivity (Wildman–Crippen MR) is 63.2 cm³/mol. The van der Waals surface area contributed by atoms with E-state index in [1.807, 2.05) is 6.92 Å². The smallest absolute Gasteiger partial charge is 0.229 e. The number of aliphatic hydroxyl groups is 1. The van der Waals surface area contributed by atoms with E-state index < -0.39 is 5.60 Å². The fourth-order valence-electron chi connectivity index (χ4n) is 2.87. The molecule has 1 aliphatic heterocycles. The Morgan fingerprint density at radius 2 is 1.71 bits per heavy atom. The zero-order chi connectivity index (χ0) is 12.5. The van der Waals surface area contributed by atoms with Gasteiger partial charge in [0.2, 0.25) is 11.8 Å². The normalized spacial score (nSPS) is 26.4. The van der Waals surface area contributed by atoms with Gasteiger partial charge in [0.1, 0.15) is 0 Å². The number of hydrogen-bond donors (Lipinski definition) is 1. The standard InChI is InChI=1S/C13H21NO3/c1-10-7-11(15)14(12(16)8-10)9-13(17)5-3-2-4-6-13/h10,17H,2-9H2,1H3. The van der Waals surface area contributed by atoms with Gasteiger partial charge in [0.05, 0.1) is 12.1 Å². The molecule has 4 heteroatoms. The molecular formula is C13H21NO3. The summed E-state index contributed by atoms with van der Waals surface area (Å²) in [5.41, 5.74) is -0.829. The Labute approximate surface area is 102 Å². The van der Waals surface area contributed by atoms with Crippen molar-refractivity contribution >= 4 is 11.8 Å². The third kappa shape index (κ3) is 2.86. The van der Waals surface area contributed by atoms with Crippen molar-refractivity contribution in [2.45, 2.75) is 57.5 Å². The minimum atomic E-state index is -0.829. The van der Waals surface area contributed by atoms with Crippen molar-refractivity contribution < 1.29 is 14.7 Å². The molecule has 4 nitrogen and oxygen atoms in total. The molecule has 0 spiro atoms. The van der Waals surface area contributed by atoms with Crippen LogP contribution in [0.25, 0.3) is 0 Å². The molecular weight excluding hydrogens is 218 g/mol. The lowest BCUT2D eigenvalue weighted by molar-refractivity contribution is -0.155. The number of rotatable bonds is 2. The molecule has 1 aliphatic carbocycles. The summed E-state index contributed by atoms with van der Waals surface area (Å²) in [6.45, 7) is 2.12. The van der Waals surface area contributed by atoms with Gasteiger partial charge in [-0.05, 0) is 18.8 Å². The minimum absolute atomic E-state index is 0.118. The molecule has 17 heavy (non-hydrogen) atoms. The van der Waals surface area contributed by atoms with Crippen LogP contribution in [0.15, 0.2) is 0 Å². The summed E-state index contributed by atoms with van der Waals surface area (Å²) in [6, 6.07) is 0. The van der Waals surface area contributed by atoms with E-state index in [2.05, 4.69) is 0 Å². The molecule has 1 saturated heterocycles. The molecule has 1 N–H and O–H groups in total. The summed E-state index contributed by atoms with van der Waals surface area (Å²) >= 11 is 0. The second-order valence-corrected chi connectivity index (χ2v) is 5.67. The monoisotopic (exact) mass is 239 g/mol. The van der Waals surface area contributed by atoms with Crippen LogP contribution in [-0.2, 0) is 9.59 Å². The van der Waals surface area contributed by atoms with E-state index in [1.54, 1.807) is 0 Å². The van der Waals surface area contributed by atoms with E-state index in [1.165, 1.54) is 4.90 Å². The Hall–Kier alpha value is -0.900. The predicted octanol–water partition coefficient (Wildman–Crippen LogP) is 1.47. The third-order valence-corrected chi connectivity index (χ3v) is 3.88. The van der Waals surface area contributed by atoms with Crippen LogP contribution in [0, 0.1) is 5.92 Å². The Bertz CT molecular complexity index is 303. The fraction of sp³-hybridized carbons (Fsp3) is 0.846. The Morgan fingerprint density at radius 1 is 1.18 bits per heavy atom. The molecule has 0 aromatic heterocycles. The second-order valence-electron chi connectivity index (χ2n) is 5.67. The summed E-state index contributed by atoms with van der Waals surface area (Å²) in [7, 11) is 0. The summed E-state index contributed by atoms with van der Waals surface area (Å²) in [5, 5.41) is 10.4. The lowest BCUT2D eigenvalue weighted by Crippen LogP contribution is -2.51. The minimum Gasteiger partial charge on any atom is -0.388 e. The first kappa shape index (κ1) is 12.6. The molecule has 2 amide bonds. The first-order chi connectivity index (χ1) is 8.00. The maximum Gasteiger partial charge on any atom is 0.229 e. The highest BCUT2D eigenvalue weighted by molar-refractivity contribution is 5.97. The van der Waals surface area contributed by atoms with Crippen molar-refractivity contribution in [2.24, 2.45) is 5.92 Å². The van der Waals surface area contributed by atoms with Crippen molar-refractivity contribution in [3.63, 3.8) is 0 Å². The van der Waals surface area contributed by atoms with Gasteiger partial charge in [-0.3, -0.25) is 14.5 Å². The highest BCUT2D eigenvalue weighted by Crippen LogP contribution is 2.30. The number of hydrogen-bond acceptors (Lipinski definition) is 3. The van der Waals surface area contributed by atoms with E-state index in [0.29, 0.717) is 25.7 Å². The van der Waals surface area contributed by atoms with Gasteiger partial charge in [-0.1, -0.05) is 26.2 Å². The van der Waals surface area contributed by atoms with E-state index in [-0.39, 0.29) is 24.3 Å². The van der Waals surface area contributed by atoms with Crippen molar-refractivity contribution in [3.8, 4) is 0 Å². The van der Waals surface area contributed by atoms with Gasteiger partial charge in [-0.25, -0.2) is 0 Å². The highest BCUT2D eigenvalue weighted by Gasteiger charge is 2.38. The number of amides is 2. The van der Waals surface area contributed by atoms with Gasteiger partial charge >= 0.3 is 0 Å². The molecule has 0 radical (unpaired) electrons. The van der Waals surface area contributed by atoms with Gasteiger partial charge in [0, 0.05) is 12.8 Å². The topological polar surface area (TPSA) is 57.6 Å². The molecule has 0 aromatic rings. The first-order valence-corrected chi connectivity index (χ1v) is 6.56. The lowest BCUT2D eigenvalue weighted by atomic mass is 9.83. The molecule has 2 fully saturated rings. The number of imide groups is 1. The highest BCUT2D eigenvalue weighted by atomic mass is 16.3. The summed E-state index contributed by atoms with van der Waals surface area (Å²) < 4.78 is 0. The van der Waals surface area contributed by atoms with E-state index in [9.17, 15) is 14.7 Å². The summed E-state index contributed by atoms with van der Waals surface area (Å²) in [4.78, 5) is 24.9. The molecule has 1 heterocycles. The Morgan fingerprint density at radius 3 is 2.24 bits per heavy atom. The average Bonchev–Trinajstić information content (AvgIpc) is 2.24. The third-order valence-electron chi connectivity index (χ3n) is 3.88. The SMILES string of the molecule is CC1CC(=O)N(CC2(O)CCCCC2)C(=O)C1. The van der Waals surface area contributed by atoms with Gasteiger partial charge in [0.25, 0.3) is 0 Å². The van der Waals surface area contributed by atoms with Crippen molar-refractivity contribution in [2.75, 3.05) is 6.54 Å². The molecule has 0 aromatic carbocycles. The van der Waals surface area contributed by atoms with E-state index in [4.69, 9.17) is 0 Å². The van der Waals surface area contributed by atoms with Crippen molar-refractivity contribution in [3.05, 3.63) is 0 Å². The Balaban J connectivity index is 2.01. The largest absolute Gasteiger partial charge is 0.388 e. The second kappa shape index (κ2) is 4.77. The van der Waals surface area contributed by atoms with Crippen LogP contribution in [0.3, 0.4) is 0 Å². The molecule has 0 bridgehead atoms. The van der Waals surface area contributed by atoms with Crippen molar-refractivity contribution in [1.29, 1.82) is 0 Å². The zero-order valence-corrected chi connectivity index (χ0v) is 10.4. The van der Waals surface area contributed by atoms with E-state index >= 15 is 0 Å². The summed E-state index contributed by atoms with van der Waals surface area (Å²) in [5.74, 6) is -0.0901.